The van der Waals surface area contributed by atoms with Gasteiger partial charge >= 0.3 is 5.97 Å². The highest BCUT2D eigenvalue weighted by molar-refractivity contribution is 5.75. The molecule has 0 aliphatic carbocycles. The fourth-order valence-electron chi connectivity index (χ4n) is 1.48. The van der Waals surface area contributed by atoms with Crippen molar-refractivity contribution in [2.24, 2.45) is 5.92 Å². The normalized spacial score (nSPS) is 16.5. The monoisotopic (exact) mass is 208 g/mol. The Bertz CT molecular complexity index is 383. The van der Waals surface area contributed by atoms with Crippen molar-refractivity contribution in [2.75, 3.05) is 0 Å². The van der Waals surface area contributed by atoms with Gasteiger partial charge in [-0.05, 0) is 30.4 Å². The molecule has 0 aliphatic heterocycles. The molecule has 0 aliphatic rings. The highest BCUT2D eigenvalue weighted by Gasteiger charge is 2.12. The van der Waals surface area contributed by atoms with Crippen LogP contribution in [0.4, 0.5) is 0 Å². The van der Waals surface area contributed by atoms with Crippen molar-refractivity contribution in [3.63, 3.8) is 0 Å². The van der Waals surface area contributed by atoms with E-state index >= 15 is 0 Å². The quantitative estimate of drug-likeness (QED) is 0.825. The summed E-state index contributed by atoms with van der Waals surface area (Å²) in [4.78, 5) is 11.3. The van der Waals surface area contributed by atoms with Crippen LogP contribution in [0.5, 0.6) is 0 Å². The Morgan fingerprint density at radius 2 is 2.00 bits per heavy atom. The molecule has 1 unspecified atom stereocenters. The number of carboxylic acids is 1. The predicted molar refractivity (Wildman–Crippen MR) is 61.0 cm³/mol. The van der Waals surface area contributed by atoms with Gasteiger partial charge in [0.25, 0.3) is 1.43 Å². The van der Waals surface area contributed by atoms with Crippen LogP contribution in [0.25, 0.3) is 1.43 Å². The Morgan fingerprint density at radius 1 is 1.40 bits per heavy atom. The first kappa shape index (κ1) is 8.96. The molecule has 2 heteroatoms. The minimum atomic E-state index is -1.52. The van der Waals surface area contributed by atoms with E-state index in [1.165, 1.54) is 12.5 Å². The molecule has 0 saturated heterocycles. The van der Waals surface area contributed by atoms with Crippen LogP contribution in [0.3, 0.4) is 0 Å². The summed E-state index contributed by atoms with van der Waals surface area (Å²) < 4.78 is 14.5. The summed E-state index contributed by atoms with van der Waals surface area (Å²) in [7, 11) is 0. The molecule has 1 aromatic rings. The third kappa shape index (κ3) is 3.39. The molecule has 82 valence electrons. The zero-order valence-electron chi connectivity index (χ0n) is 11.4. The number of rotatable bonds is 4. The standard InChI is InChI=1S/C13H18O2/c1-9(2)8-11-4-6-12(7-5-11)10(3)13(14)15/h4-7,9-10H,8H2,1-3H3,(H,14,15)/i10D/hD. The van der Waals surface area contributed by atoms with Gasteiger partial charge in [-0.2, -0.15) is 0 Å². The first-order valence-corrected chi connectivity index (χ1v) is 5.15. The molecule has 15 heavy (non-hydrogen) atoms. The molecule has 0 saturated carbocycles. The maximum Gasteiger partial charge on any atom is 0.310 e. The van der Waals surface area contributed by atoms with E-state index in [4.69, 9.17) is 2.80 Å². The van der Waals surface area contributed by atoms with Crippen LogP contribution in [0.1, 0.15) is 39.2 Å². The minimum Gasteiger partial charge on any atom is -0.481 e. The van der Waals surface area contributed by atoms with Crippen molar-refractivity contribution >= 4 is 5.97 Å². The van der Waals surface area contributed by atoms with Crippen molar-refractivity contribution in [3.8, 4) is 0 Å². The van der Waals surface area contributed by atoms with E-state index in [0.29, 0.717) is 11.5 Å². The van der Waals surface area contributed by atoms with E-state index in [-0.39, 0.29) is 0 Å². The van der Waals surface area contributed by atoms with Gasteiger partial charge in [-0.3, -0.25) is 4.79 Å². The van der Waals surface area contributed by atoms with Gasteiger partial charge in [0.05, 0.1) is 5.89 Å². The fourth-order valence-corrected chi connectivity index (χ4v) is 1.48. The van der Waals surface area contributed by atoms with Crippen LogP contribution in [0, 0.1) is 5.92 Å². The smallest absolute Gasteiger partial charge is 0.310 e. The topological polar surface area (TPSA) is 37.3 Å². The zero-order chi connectivity index (χ0) is 13.1. The lowest BCUT2D eigenvalue weighted by molar-refractivity contribution is -0.138. The van der Waals surface area contributed by atoms with E-state index in [1.54, 1.807) is 12.1 Å². The lowest BCUT2D eigenvalue weighted by Crippen LogP contribution is -2.07. The Morgan fingerprint density at radius 3 is 2.47 bits per heavy atom. The van der Waals surface area contributed by atoms with Crippen LogP contribution in [0.15, 0.2) is 24.3 Å². The third-order valence-corrected chi connectivity index (χ3v) is 2.34. The summed E-state index contributed by atoms with van der Waals surface area (Å²) in [6, 6.07) is 7.34. The Balaban J connectivity index is 2.90. The van der Waals surface area contributed by atoms with Crippen molar-refractivity contribution < 1.29 is 11.3 Å². The lowest BCUT2D eigenvalue weighted by Gasteiger charge is -2.09. The SMILES string of the molecule is [2H]OC(=O)C([2H])(C)c1ccc(CC(C)C)cc1. The molecule has 0 spiro atoms. The molecule has 0 aromatic heterocycles. The van der Waals surface area contributed by atoms with E-state index in [9.17, 15) is 4.79 Å². The van der Waals surface area contributed by atoms with Gasteiger partial charge < -0.3 is 5.11 Å². The summed E-state index contributed by atoms with van der Waals surface area (Å²) in [5.41, 5.74) is 1.72. The number of hydrogen-bond acceptors (Lipinski definition) is 2. The van der Waals surface area contributed by atoms with Gasteiger partial charge in [-0.25, -0.2) is 0 Å². The minimum absolute atomic E-state index is 0.544. The predicted octanol–water partition coefficient (Wildman–Crippen LogP) is 3.07. The van der Waals surface area contributed by atoms with Crippen LogP contribution >= 0.6 is 0 Å². The summed E-state index contributed by atoms with van der Waals surface area (Å²) in [6.07, 6.45) is 0.970. The molecular formula is C13H18O2. The van der Waals surface area contributed by atoms with Crippen molar-refractivity contribution in [2.45, 2.75) is 33.1 Å². The molecule has 0 radical (unpaired) electrons. The Kier molecular flexibility index (Phi) is 2.96. The summed E-state index contributed by atoms with van der Waals surface area (Å²) >= 11 is 0. The second-order valence-corrected chi connectivity index (χ2v) is 4.21. The number of benzene rings is 1. The first-order valence-electron chi connectivity index (χ1n) is 6.05. The number of hydrogen-bond donors (Lipinski definition) is 1. The summed E-state index contributed by atoms with van der Waals surface area (Å²) in [6.45, 7) is 5.71. The van der Waals surface area contributed by atoms with Crippen LogP contribution in [0.2, 0.25) is 0 Å². The molecule has 1 aromatic carbocycles. The number of carbonyl (C=O) groups is 1. The highest BCUT2D eigenvalue weighted by atomic mass is 16.4. The van der Waals surface area contributed by atoms with E-state index < -0.39 is 11.9 Å². The summed E-state index contributed by atoms with van der Waals surface area (Å²) in [5, 5.41) is 3.89. The van der Waals surface area contributed by atoms with Crippen molar-refractivity contribution in [3.05, 3.63) is 35.4 Å². The van der Waals surface area contributed by atoms with E-state index in [0.717, 1.165) is 6.42 Å². The maximum atomic E-state index is 11.3. The lowest BCUT2D eigenvalue weighted by atomic mass is 9.97. The van der Waals surface area contributed by atoms with Gasteiger partial charge in [-0.15, -0.1) is 0 Å². The molecule has 0 bridgehead atoms. The van der Waals surface area contributed by atoms with Crippen molar-refractivity contribution in [1.29, 1.82) is 1.43 Å². The Labute approximate surface area is 93.8 Å². The summed E-state index contributed by atoms with van der Waals surface area (Å²) in [5.74, 6) is -1.81. The van der Waals surface area contributed by atoms with E-state index in [2.05, 4.69) is 19.0 Å². The average molecular weight is 208 g/mol. The Hall–Kier alpha value is -1.31. The van der Waals surface area contributed by atoms with Gasteiger partial charge in [-0.1, -0.05) is 38.1 Å². The molecule has 1 rings (SSSR count). The highest BCUT2D eigenvalue weighted by Crippen LogP contribution is 2.17. The van der Waals surface area contributed by atoms with E-state index in [1.807, 2.05) is 12.1 Å². The van der Waals surface area contributed by atoms with Crippen molar-refractivity contribution in [1.82, 2.24) is 0 Å². The third-order valence-electron chi connectivity index (χ3n) is 2.34. The number of aliphatic carboxylic acids is 1. The second-order valence-electron chi connectivity index (χ2n) is 4.21. The van der Waals surface area contributed by atoms with Gasteiger partial charge in [0.2, 0.25) is 0 Å². The van der Waals surface area contributed by atoms with Crippen LogP contribution in [-0.2, 0) is 11.2 Å². The molecule has 0 amide bonds. The fraction of sp³-hybridized carbons (Fsp3) is 0.462. The number of carboxylic acid groups (broad SMARTS) is 1. The van der Waals surface area contributed by atoms with Crippen LogP contribution < -0.4 is 0 Å². The second kappa shape index (κ2) is 4.96. The first-order chi connectivity index (χ1) is 7.87. The van der Waals surface area contributed by atoms with Gasteiger partial charge in [0.15, 0.2) is 0 Å². The molecule has 1 N–H and O–H groups in total. The molecule has 1 atom stereocenters. The van der Waals surface area contributed by atoms with Crippen LogP contribution in [-0.4, -0.2) is 11.1 Å². The van der Waals surface area contributed by atoms with Gasteiger partial charge in [0.1, 0.15) is 0 Å². The largest absolute Gasteiger partial charge is 0.481 e. The van der Waals surface area contributed by atoms with Gasteiger partial charge in [0, 0.05) is 1.37 Å². The molecule has 2 nitrogen and oxygen atoms in total. The molecule has 0 heterocycles. The zero-order valence-corrected chi connectivity index (χ0v) is 9.41. The average Bonchev–Trinajstić information content (AvgIpc) is 2.27. The molecular weight excluding hydrogens is 188 g/mol. The maximum absolute atomic E-state index is 11.3. The molecule has 0 fully saturated rings.